The minimum atomic E-state index is -0.662. The maximum absolute atomic E-state index is 10.9. The molecule has 0 bridgehead atoms. The topological polar surface area (TPSA) is 38.3 Å². The molecular weight excluding hydrogens is 258 g/mol. The average molecular weight is 281 g/mol. The van der Waals surface area contributed by atoms with Crippen molar-refractivity contribution < 1.29 is 8.95 Å². The van der Waals surface area contributed by atoms with Crippen LogP contribution in [0, 0.1) is 0 Å². The second-order valence-corrected chi connectivity index (χ2v) is 6.75. The summed E-state index contributed by atoms with van der Waals surface area (Å²) in [6.45, 7) is 0.975. The quantitative estimate of drug-likeness (QED) is 0.779. The van der Waals surface area contributed by atoms with Gasteiger partial charge in [0.15, 0.2) is 0 Å². The normalized spacial score (nSPS) is 23.7. The van der Waals surface area contributed by atoms with E-state index in [2.05, 4.69) is 17.4 Å². The highest BCUT2D eigenvalue weighted by Crippen LogP contribution is 2.40. The van der Waals surface area contributed by atoms with Gasteiger partial charge in [-0.1, -0.05) is 18.2 Å². The Hall–Kier alpha value is -0.870. The van der Waals surface area contributed by atoms with E-state index in [1.807, 2.05) is 12.1 Å². The third-order valence-corrected chi connectivity index (χ3v) is 4.62. The SMILES string of the molecule is COc1ccccc1C1CC(NCCCS(C)=O)C1. The molecule has 1 aromatic carbocycles. The van der Waals surface area contributed by atoms with Crippen molar-refractivity contribution in [1.82, 2.24) is 5.32 Å². The lowest BCUT2D eigenvalue weighted by molar-refractivity contribution is 0.284. The van der Waals surface area contributed by atoms with Crippen molar-refractivity contribution in [2.45, 2.75) is 31.2 Å². The first kappa shape index (κ1) is 14.5. The van der Waals surface area contributed by atoms with Crippen LogP contribution < -0.4 is 10.1 Å². The van der Waals surface area contributed by atoms with Crippen molar-refractivity contribution in [3.63, 3.8) is 0 Å². The second kappa shape index (κ2) is 7.06. The average Bonchev–Trinajstić information content (AvgIpc) is 2.36. The van der Waals surface area contributed by atoms with Gasteiger partial charge in [0.1, 0.15) is 5.75 Å². The predicted octanol–water partition coefficient (Wildman–Crippen LogP) is 2.30. The third kappa shape index (κ3) is 4.05. The van der Waals surface area contributed by atoms with E-state index in [0.29, 0.717) is 12.0 Å². The number of nitrogens with one attached hydrogen (secondary N) is 1. The fraction of sp³-hybridized carbons (Fsp3) is 0.600. The molecule has 1 fully saturated rings. The van der Waals surface area contributed by atoms with Crippen LogP contribution in [0.4, 0.5) is 0 Å². The van der Waals surface area contributed by atoms with Gasteiger partial charge in [-0.05, 0) is 43.4 Å². The highest BCUT2D eigenvalue weighted by atomic mass is 32.2. The number of hydrogen-bond donors (Lipinski definition) is 1. The minimum absolute atomic E-state index is 0.611. The molecule has 1 saturated carbocycles. The number of para-hydroxylation sites is 1. The van der Waals surface area contributed by atoms with Gasteiger partial charge in [-0.2, -0.15) is 0 Å². The molecule has 1 aliphatic carbocycles. The van der Waals surface area contributed by atoms with Gasteiger partial charge in [0, 0.05) is 28.9 Å². The molecule has 1 N–H and O–H groups in total. The van der Waals surface area contributed by atoms with Gasteiger partial charge in [0.05, 0.1) is 7.11 Å². The minimum Gasteiger partial charge on any atom is -0.496 e. The number of rotatable bonds is 7. The zero-order chi connectivity index (χ0) is 13.7. The van der Waals surface area contributed by atoms with Crippen molar-refractivity contribution >= 4 is 10.8 Å². The molecule has 0 aliphatic heterocycles. The zero-order valence-electron chi connectivity index (χ0n) is 11.7. The fourth-order valence-electron chi connectivity index (χ4n) is 2.62. The van der Waals surface area contributed by atoms with Gasteiger partial charge in [-0.3, -0.25) is 4.21 Å². The molecule has 1 unspecified atom stereocenters. The van der Waals surface area contributed by atoms with Crippen LogP contribution in [0.5, 0.6) is 5.75 Å². The molecule has 19 heavy (non-hydrogen) atoms. The van der Waals surface area contributed by atoms with E-state index < -0.39 is 10.8 Å². The summed E-state index contributed by atoms with van der Waals surface area (Å²) in [7, 11) is 1.07. The highest BCUT2D eigenvalue weighted by molar-refractivity contribution is 7.84. The molecule has 0 radical (unpaired) electrons. The van der Waals surface area contributed by atoms with E-state index in [1.165, 1.54) is 18.4 Å². The van der Waals surface area contributed by atoms with Gasteiger partial charge >= 0.3 is 0 Å². The fourth-order valence-corrected chi connectivity index (χ4v) is 3.17. The van der Waals surface area contributed by atoms with Crippen molar-refractivity contribution in [2.24, 2.45) is 0 Å². The van der Waals surface area contributed by atoms with Crippen molar-refractivity contribution in [3.05, 3.63) is 29.8 Å². The Morgan fingerprint density at radius 1 is 1.37 bits per heavy atom. The summed E-state index contributed by atoms with van der Waals surface area (Å²) in [5, 5.41) is 3.54. The summed E-state index contributed by atoms with van der Waals surface area (Å²) in [6, 6.07) is 8.91. The molecule has 2 rings (SSSR count). The second-order valence-electron chi connectivity index (χ2n) is 5.19. The lowest BCUT2D eigenvalue weighted by atomic mass is 9.75. The summed E-state index contributed by atoms with van der Waals surface area (Å²) in [6.07, 6.45) is 5.12. The largest absolute Gasteiger partial charge is 0.496 e. The summed E-state index contributed by atoms with van der Waals surface area (Å²) in [5.74, 6) is 2.43. The third-order valence-electron chi connectivity index (χ3n) is 3.76. The smallest absolute Gasteiger partial charge is 0.122 e. The van der Waals surface area contributed by atoms with Crippen LogP contribution >= 0.6 is 0 Å². The van der Waals surface area contributed by atoms with E-state index in [0.717, 1.165) is 24.5 Å². The number of hydrogen-bond acceptors (Lipinski definition) is 3. The Morgan fingerprint density at radius 2 is 2.11 bits per heavy atom. The first-order chi connectivity index (χ1) is 9.20. The van der Waals surface area contributed by atoms with E-state index >= 15 is 0 Å². The van der Waals surface area contributed by atoms with E-state index in [-0.39, 0.29) is 0 Å². The van der Waals surface area contributed by atoms with Crippen LogP contribution in [0.15, 0.2) is 24.3 Å². The summed E-state index contributed by atoms with van der Waals surface area (Å²) < 4.78 is 16.4. The summed E-state index contributed by atoms with van der Waals surface area (Å²) >= 11 is 0. The van der Waals surface area contributed by atoms with Crippen molar-refractivity contribution in [2.75, 3.05) is 25.7 Å². The van der Waals surface area contributed by atoms with Crippen LogP contribution in [-0.4, -0.2) is 35.9 Å². The standard InChI is InChI=1S/C15H23NO2S/c1-18-15-7-4-3-6-14(15)12-10-13(11-12)16-8-5-9-19(2)17/h3-4,6-7,12-13,16H,5,8-11H2,1-2H3. The molecule has 0 spiro atoms. The van der Waals surface area contributed by atoms with Crippen molar-refractivity contribution in [3.8, 4) is 5.75 Å². The maximum atomic E-state index is 10.9. The maximum Gasteiger partial charge on any atom is 0.122 e. The Labute approximate surface area is 118 Å². The molecule has 0 amide bonds. The molecule has 1 aliphatic rings. The van der Waals surface area contributed by atoms with E-state index in [1.54, 1.807) is 13.4 Å². The monoisotopic (exact) mass is 281 g/mol. The summed E-state index contributed by atoms with van der Waals surface area (Å²) in [4.78, 5) is 0. The Balaban J connectivity index is 1.72. The number of methoxy groups -OCH3 is 1. The highest BCUT2D eigenvalue weighted by Gasteiger charge is 2.31. The van der Waals surface area contributed by atoms with E-state index in [9.17, 15) is 4.21 Å². The molecule has 4 heteroatoms. The Bertz CT molecular complexity index is 430. The molecule has 0 heterocycles. The summed E-state index contributed by atoms with van der Waals surface area (Å²) in [5.41, 5.74) is 1.33. The lowest BCUT2D eigenvalue weighted by Crippen LogP contribution is -2.40. The molecule has 3 nitrogen and oxygen atoms in total. The first-order valence-corrected chi connectivity index (χ1v) is 8.59. The van der Waals surface area contributed by atoms with Crippen LogP contribution in [0.25, 0.3) is 0 Å². The van der Waals surface area contributed by atoms with Gasteiger partial charge in [-0.15, -0.1) is 0 Å². The van der Waals surface area contributed by atoms with Gasteiger partial charge in [0.2, 0.25) is 0 Å². The van der Waals surface area contributed by atoms with Crippen LogP contribution in [0.2, 0.25) is 0 Å². The predicted molar refractivity (Wildman–Crippen MR) is 80.3 cm³/mol. The van der Waals surface area contributed by atoms with Crippen LogP contribution in [0.3, 0.4) is 0 Å². The zero-order valence-corrected chi connectivity index (χ0v) is 12.5. The molecule has 1 atom stereocenters. The molecule has 0 saturated heterocycles. The van der Waals surface area contributed by atoms with E-state index in [4.69, 9.17) is 4.74 Å². The van der Waals surface area contributed by atoms with Gasteiger partial charge < -0.3 is 10.1 Å². The Kier molecular flexibility index (Phi) is 5.40. The Morgan fingerprint density at radius 3 is 2.79 bits per heavy atom. The van der Waals surface area contributed by atoms with Gasteiger partial charge in [0.25, 0.3) is 0 Å². The lowest BCUT2D eigenvalue weighted by Gasteiger charge is -2.37. The van der Waals surface area contributed by atoms with Crippen molar-refractivity contribution in [1.29, 1.82) is 0 Å². The van der Waals surface area contributed by atoms with Gasteiger partial charge in [-0.25, -0.2) is 0 Å². The molecule has 106 valence electrons. The molecular formula is C15H23NO2S. The number of benzene rings is 1. The number of ether oxygens (including phenoxy) is 1. The molecule has 0 aromatic heterocycles. The van der Waals surface area contributed by atoms with Crippen LogP contribution in [0.1, 0.15) is 30.7 Å². The van der Waals surface area contributed by atoms with Crippen LogP contribution in [-0.2, 0) is 10.8 Å². The molecule has 1 aromatic rings. The first-order valence-electron chi connectivity index (χ1n) is 6.87.